The number of pyridine rings is 1. The standard InChI is InChI=1S/C28H31N3O6/c1-28(2,3)37-27(35)31-24(25(32)30-16-19-9-11-21(12-10-19)26(33)34)15-22-13-14-23(17-29-22)36-18-20-7-5-4-6-8-20/h4-14,17,24H,15-16,18H2,1-3H3,(H,30,32)(H,31,35)(H,33,34). The molecule has 1 atom stereocenters. The first-order chi connectivity index (χ1) is 17.6. The number of carbonyl (C=O) groups excluding carboxylic acids is 2. The second-order valence-corrected chi connectivity index (χ2v) is 9.38. The van der Waals surface area contributed by atoms with E-state index in [4.69, 9.17) is 14.6 Å². The van der Waals surface area contributed by atoms with Gasteiger partial charge in [-0.1, -0.05) is 42.5 Å². The minimum atomic E-state index is -1.03. The Morgan fingerprint density at radius 3 is 2.24 bits per heavy atom. The number of amides is 2. The van der Waals surface area contributed by atoms with Crippen molar-refractivity contribution in [3.8, 4) is 5.75 Å². The number of aromatic nitrogens is 1. The molecule has 3 N–H and O–H groups in total. The maximum absolute atomic E-state index is 13.0. The molecular weight excluding hydrogens is 474 g/mol. The van der Waals surface area contributed by atoms with Crippen molar-refractivity contribution in [3.05, 3.63) is 95.3 Å². The fourth-order valence-corrected chi connectivity index (χ4v) is 3.30. The maximum atomic E-state index is 13.0. The van der Waals surface area contributed by atoms with Crippen LogP contribution in [0.15, 0.2) is 72.9 Å². The van der Waals surface area contributed by atoms with Gasteiger partial charge in [-0.3, -0.25) is 9.78 Å². The van der Waals surface area contributed by atoms with Crippen molar-refractivity contribution in [2.24, 2.45) is 0 Å². The average Bonchev–Trinajstić information content (AvgIpc) is 2.86. The molecule has 9 nitrogen and oxygen atoms in total. The summed E-state index contributed by atoms with van der Waals surface area (Å²) in [7, 11) is 0. The van der Waals surface area contributed by atoms with Gasteiger partial charge in [0, 0.05) is 18.7 Å². The molecule has 0 bridgehead atoms. The van der Waals surface area contributed by atoms with Gasteiger partial charge < -0.3 is 25.2 Å². The summed E-state index contributed by atoms with van der Waals surface area (Å²) in [5.41, 5.74) is 1.75. The van der Waals surface area contributed by atoms with Gasteiger partial charge in [0.25, 0.3) is 0 Å². The van der Waals surface area contributed by atoms with Gasteiger partial charge in [-0.25, -0.2) is 9.59 Å². The molecule has 1 aromatic heterocycles. The van der Waals surface area contributed by atoms with Gasteiger partial charge in [0.15, 0.2) is 0 Å². The van der Waals surface area contributed by atoms with Crippen LogP contribution in [0.3, 0.4) is 0 Å². The van der Waals surface area contributed by atoms with E-state index in [1.807, 2.05) is 30.3 Å². The summed E-state index contributed by atoms with van der Waals surface area (Å²) < 4.78 is 11.1. The van der Waals surface area contributed by atoms with Gasteiger partial charge in [-0.05, 0) is 56.2 Å². The zero-order valence-corrected chi connectivity index (χ0v) is 21.1. The van der Waals surface area contributed by atoms with Crippen molar-refractivity contribution in [2.45, 2.75) is 52.0 Å². The molecule has 0 aliphatic rings. The molecule has 3 aromatic rings. The lowest BCUT2D eigenvalue weighted by Crippen LogP contribution is -2.49. The van der Waals surface area contributed by atoms with Crippen LogP contribution in [0, 0.1) is 0 Å². The lowest BCUT2D eigenvalue weighted by molar-refractivity contribution is -0.123. The highest BCUT2D eigenvalue weighted by molar-refractivity contribution is 5.87. The van der Waals surface area contributed by atoms with Crippen molar-refractivity contribution < 1.29 is 29.0 Å². The normalized spacial score (nSPS) is 11.8. The predicted molar refractivity (Wildman–Crippen MR) is 137 cm³/mol. The summed E-state index contributed by atoms with van der Waals surface area (Å²) >= 11 is 0. The van der Waals surface area contributed by atoms with E-state index in [1.165, 1.54) is 12.1 Å². The summed E-state index contributed by atoms with van der Waals surface area (Å²) in [5.74, 6) is -0.876. The molecule has 0 fully saturated rings. The second kappa shape index (κ2) is 12.5. The van der Waals surface area contributed by atoms with Crippen molar-refractivity contribution >= 4 is 18.0 Å². The third kappa shape index (κ3) is 9.29. The zero-order chi connectivity index (χ0) is 26.8. The number of nitrogens with one attached hydrogen (secondary N) is 2. The Bertz CT molecular complexity index is 1190. The molecule has 194 valence electrons. The van der Waals surface area contributed by atoms with Crippen LogP contribution < -0.4 is 15.4 Å². The molecular formula is C28H31N3O6. The molecule has 3 rings (SSSR count). The Hall–Kier alpha value is -4.40. The molecule has 0 saturated heterocycles. The Morgan fingerprint density at radius 1 is 0.946 bits per heavy atom. The van der Waals surface area contributed by atoms with Gasteiger partial charge in [0.1, 0.15) is 24.0 Å². The third-order valence-electron chi connectivity index (χ3n) is 5.13. The molecule has 37 heavy (non-hydrogen) atoms. The number of carboxylic acid groups (broad SMARTS) is 1. The van der Waals surface area contributed by atoms with E-state index in [2.05, 4.69) is 15.6 Å². The van der Waals surface area contributed by atoms with E-state index in [0.29, 0.717) is 23.6 Å². The van der Waals surface area contributed by atoms with E-state index in [-0.39, 0.29) is 18.5 Å². The van der Waals surface area contributed by atoms with E-state index in [0.717, 1.165) is 5.56 Å². The monoisotopic (exact) mass is 505 g/mol. The Kier molecular flexibility index (Phi) is 9.21. The number of ether oxygens (including phenoxy) is 2. The van der Waals surface area contributed by atoms with Crippen LogP contribution in [0.25, 0.3) is 0 Å². The van der Waals surface area contributed by atoms with E-state index >= 15 is 0 Å². The highest BCUT2D eigenvalue weighted by Gasteiger charge is 2.25. The summed E-state index contributed by atoms with van der Waals surface area (Å²) in [6, 6.07) is 18.5. The number of carbonyl (C=O) groups is 3. The van der Waals surface area contributed by atoms with E-state index in [9.17, 15) is 14.4 Å². The SMILES string of the molecule is CC(C)(C)OC(=O)NC(Cc1ccc(OCc2ccccc2)cn1)C(=O)NCc1ccc(C(=O)O)cc1. The van der Waals surface area contributed by atoms with Crippen molar-refractivity contribution in [2.75, 3.05) is 0 Å². The zero-order valence-electron chi connectivity index (χ0n) is 21.1. The van der Waals surface area contributed by atoms with Gasteiger partial charge in [-0.2, -0.15) is 0 Å². The summed E-state index contributed by atoms with van der Waals surface area (Å²) in [4.78, 5) is 40.8. The maximum Gasteiger partial charge on any atom is 0.408 e. The highest BCUT2D eigenvalue weighted by atomic mass is 16.6. The topological polar surface area (TPSA) is 127 Å². The number of alkyl carbamates (subject to hydrolysis) is 1. The first kappa shape index (κ1) is 27.2. The number of nitrogens with zero attached hydrogens (tertiary/aromatic N) is 1. The molecule has 2 aromatic carbocycles. The summed E-state index contributed by atoms with van der Waals surface area (Å²) in [6.07, 6.45) is 0.980. The molecule has 0 spiro atoms. The van der Waals surface area contributed by atoms with Crippen LogP contribution in [0.1, 0.15) is 48.0 Å². The van der Waals surface area contributed by atoms with E-state index in [1.54, 1.807) is 51.2 Å². The van der Waals surface area contributed by atoms with Crippen molar-refractivity contribution in [1.29, 1.82) is 0 Å². The smallest absolute Gasteiger partial charge is 0.408 e. The van der Waals surface area contributed by atoms with Crippen LogP contribution in [-0.2, 0) is 29.1 Å². The molecule has 0 aliphatic heterocycles. The molecule has 9 heteroatoms. The minimum absolute atomic E-state index is 0.127. The molecule has 1 unspecified atom stereocenters. The second-order valence-electron chi connectivity index (χ2n) is 9.38. The van der Waals surface area contributed by atoms with Gasteiger partial charge in [0.05, 0.1) is 11.8 Å². The largest absolute Gasteiger partial charge is 0.487 e. The lowest BCUT2D eigenvalue weighted by Gasteiger charge is -2.23. The van der Waals surface area contributed by atoms with Crippen LogP contribution in [-0.4, -0.2) is 39.7 Å². The summed E-state index contributed by atoms with van der Waals surface area (Å²) in [6.45, 7) is 5.76. The number of aromatic carboxylic acids is 1. The van der Waals surface area contributed by atoms with Crippen LogP contribution in [0.2, 0.25) is 0 Å². The third-order valence-corrected chi connectivity index (χ3v) is 5.13. The summed E-state index contributed by atoms with van der Waals surface area (Å²) in [5, 5.41) is 14.4. The number of benzene rings is 2. The van der Waals surface area contributed by atoms with Gasteiger partial charge >= 0.3 is 12.1 Å². The van der Waals surface area contributed by atoms with Gasteiger partial charge in [0.2, 0.25) is 5.91 Å². The molecule has 0 saturated carbocycles. The number of rotatable bonds is 10. The van der Waals surface area contributed by atoms with Crippen molar-refractivity contribution in [1.82, 2.24) is 15.6 Å². The number of carboxylic acids is 1. The van der Waals surface area contributed by atoms with E-state index < -0.39 is 29.6 Å². The average molecular weight is 506 g/mol. The van der Waals surface area contributed by atoms with Crippen LogP contribution in [0.5, 0.6) is 5.75 Å². The quantitative estimate of drug-likeness (QED) is 0.378. The fourth-order valence-electron chi connectivity index (χ4n) is 3.30. The first-order valence-electron chi connectivity index (χ1n) is 11.8. The Balaban J connectivity index is 1.64. The fraction of sp³-hybridized carbons (Fsp3) is 0.286. The highest BCUT2D eigenvalue weighted by Crippen LogP contribution is 2.14. The molecule has 0 aliphatic carbocycles. The number of hydrogen-bond acceptors (Lipinski definition) is 6. The minimum Gasteiger partial charge on any atom is -0.487 e. The Labute approximate surface area is 215 Å². The Morgan fingerprint density at radius 2 is 1.65 bits per heavy atom. The van der Waals surface area contributed by atoms with Gasteiger partial charge in [-0.15, -0.1) is 0 Å². The molecule has 1 heterocycles. The first-order valence-corrected chi connectivity index (χ1v) is 11.8. The van der Waals surface area contributed by atoms with Crippen LogP contribution >= 0.6 is 0 Å². The predicted octanol–water partition coefficient (Wildman–Crippen LogP) is 4.11. The lowest BCUT2D eigenvalue weighted by atomic mass is 10.1. The molecule has 2 amide bonds. The number of hydrogen-bond donors (Lipinski definition) is 3. The molecule has 0 radical (unpaired) electrons. The van der Waals surface area contributed by atoms with Crippen molar-refractivity contribution in [3.63, 3.8) is 0 Å². The van der Waals surface area contributed by atoms with Crippen LogP contribution in [0.4, 0.5) is 4.79 Å².